The Morgan fingerprint density at radius 1 is 1.06 bits per heavy atom. The van der Waals surface area contributed by atoms with Crippen LogP contribution in [0.2, 0.25) is 10.0 Å². The third-order valence-corrected chi connectivity index (χ3v) is 2.80. The highest BCUT2D eigenvalue weighted by atomic mass is 35.5. The van der Waals surface area contributed by atoms with Crippen molar-refractivity contribution in [2.24, 2.45) is 5.73 Å². The van der Waals surface area contributed by atoms with Gasteiger partial charge < -0.3 is 10.5 Å². The molecule has 2 aromatic carbocycles. The first-order valence-electron chi connectivity index (χ1n) is 5.11. The fourth-order valence-corrected chi connectivity index (χ4v) is 1.74. The van der Waals surface area contributed by atoms with E-state index in [1.807, 2.05) is 24.3 Å². The standard InChI is InChI=1S/C13H11Cl2NO/c14-10-4-5-12(15)13(7-10)17-11-3-1-2-9(6-11)8-16/h1-7H,8,16H2. The van der Waals surface area contributed by atoms with Crippen LogP contribution in [0.15, 0.2) is 42.5 Å². The van der Waals surface area contributed by atoms with E-state index in [0.29, 0.717) is 28.1 Å². The topological polar surface area (TPSA) is 35.2 Å². The van der Waals surface area contributed by atoms with Crippen LogP contribution in [-0.4, -0.2) is 0 Å². The lowest BCUT2D eigenvalue weighted by molar-refractivity contribution is 0.482. The lowest BCUT2D eigenvalue weighted by atomic mass is 10.2. The predicted molar refractivity (Wildman–Crippen MR) is 70.9 cm³/mol. The van der Waals surface area contributed by atoms with Gasteiger partial charge in [-0.15, -0.1) is 0 Å². The van der Waals surface area contributed by atoms with Gasteiger partial charge in [0.1, 0.15) is 11.5 Å². The highest BCUT2D eigenvalue weighted by Crippen LogP contribution is 2.31. The molecule has 88 valence electrons. The largest absolute Gasteiger partial charge is 0.456 e. The van der Waals surface area contributed by atoms with E-state index in [1.54, 1.807) is 18.2 Å². The Morgan fingerprint density at radius 2 is 1.88 bits per heavy atom. The molecule has 2 rings (SSSR count). The maximum atomic E-state index is 6.01. The predicted octanol–water partition coefficient (Wildman–Crippen LogP) is 4.24. The fourth-order valence-electron chi connectivity index (χ4n) is 1.42. The van der Waals surface area contributed by atoms with Gasteiger partial charge in [-0.05, 0) is 29.8 Å². The zero-order valence-electron chi connectivity index (χ0n) is 8.99. The molecule has 0 unspecified atom stereocenters. The van der Waals surface area contributed by atoms with Gasteiger partial charge in [0.2, 0.25) is 0 Å². The lowest BCUT2D eigenvalue weighted by Crippen LogP contribution is -1.96. The van der Waals surface area contributed by atoms with Crippen molar-refractivity contribution in [1.29, 1.82) is 0 Å². The highest BCUT2D eigenvalue weighted by molar-refractivity contribution is 6.34. The molecule has 0 bridgehead atoms. The van der Waals surface area contributed by atoms with Crippen LogP contribution < -0.4 is 10.5 Å². The summed E-state index contributed by atoms with van der Waals surface area (Å²) in [5, 5.41) is 1.10. The van der Waals surface area contributed by atoms with Gasteiger partial charge in [0, 0.05) is 17.6 Å². The van der Waals surface area contributed by atoms with Gasteiger partial charge in [-0.1, -0.05) is 35.3 Å². The quantitative estimate of drug-likeness (QED) is 0.903. The zero-order valence-corrected chi connectivity index (χ0v) is 10.5. The van der Waals surface area contributed by atoms with Gasteiger partial charge in [-0.3, -0.25) is 0 Å². The molecule has 0 aliphatic carbocycles. The molecule has 4 heteroatoms. The Bertz CT molecular complexity index is 529. The minimum Gasteiger partial charge on any atom is -0.456 e. The second-order valence-electron chi connectivity index (χ2n) is 3.53. The van der Waals surface area contributed by atoms with Crippen LogP contribution in [0.3, 0.4) is 0 Å². The van der Waals surface area contributed by atoms with Gasteiger partial charge in [-0.25, -0.2) is 0 Å². The molecule has 0 amide bonds. The van der Waals surface area contributed by atoms with Crippen LogP contribution >= 0.6 is 23.2 Å². The number of rotatable bonds is 3. The Morgan fingerprint density at radius 3 is 2.65 bits per heavy atom. The van der Waals surface area contributed by atoms with Crippen LogP contribution in [0.4, 0.5) is 0 Å². The van der Waals surface area contributed by atoms with Crippen molar-refractivity contribution >= 4 is 23.2 Å². The third-order valence-electron chi connectivity index (χ3n) is 2.26. The van der Waals surface area contributed by atoms with E-state index in [4.69, 9.17) is 33.7 Å². The molecule has 0 spiro atoms. The summed E-state index contributed by atoms with van der Waals surface area (Å²) in [5.74, 6) is 1.23. The highest BCUT2D eigenvalue weighted by Gasteiger charge is 2.04. The molecule has 0 atom stereocenters. The van der Waals surface area contributed by atoms with Gasteiger partial charge >= 0.3 is 0 Å². The molecule has 0 heterocycles. The van der Waals surface area contributed by atoms with E-state index in [9.17, 15) is 0 Å². The molecule has 17 heavy (non-hydrogen) atoms. The van der Waals surface area contributed by atoms with Crippen LogP contribution in [0.1, 0.15) is 5.56 Å². The second-order valence-corrected chi connectivity index (χ2v) is 4.37. The van der Waals surface area contributed by atoms with Gasteiger partial charge in [0.25, 0.3) is 0 Å². The number of ether oxygens (including phenoxy) is 1. The third kappa shape index (κ3) is 3.13. The number of hydrogen-bond acceptors (Lipinski definition) is 2. The molecule has 0 aliphatic heterocycles. The van der Waals surface area contributed by atoms with E-state index in [0.717, 1.165) is 5.56 Å². The summed E-state index contributed by atoms with van der Waals surface area (Å²) in [6.45, 7) is 0.473. The van der Waals surface area contributed by atoms with E-state index >= 15 is 0 Å². The molecule has 2 aromatic rings. The molecule has 0 aliphatic rings. The molecule has 0 saturated carbocycles. The van der Waals surface area contributed by atoms with Gasteiger partial charge in [0.05, 0.1) is 5.02 Å². The fraction of sp³-hybridized carbons (Fsp3) is 0.0769. The molecule has 2 nitrogen and oxygen atoms in total. The van der Waals surface area contributed by atoms with Gasteiger partial charge in [0.15, 0.2) is 0 Å². The SMILES string of the molecule is NCc1cccc(Oc2cc(Cl)ccc2Cl)c1. The minimum absolute atomic E-state index is 0.473. The number of hydrogen-bond donors (Lipinski definition) is 1. The summed E-state index contributed by atoms with van der Waals surface area (Å²) < 4.78 is 5.66. The first-order valence-corrected chi connectivity index (χ1v) is 5.86. The average molecular weight is 268 g/mol. The molecule has 0 saturated heterocycles. The second kappa shape index (κ2) is 5.41. The number of benzene rings is 2. The van der Waals surface area contributed by atoms with E-state index < -0.39 is 0 Å². The summed E-state index contributed by atoms with van der Waals surface area (Å²) in [6, 6.07) is 12.6. The van der Waals surface area contributed by atoms with Crippen LogP contribution in [0.25, 0.3) is 0 Å². The van der Waals surface area contributed by atoms with E-state index in [-0.39, 0.29) is 0 Å². The smallest absolute Gasteiger partial charge is 0.147 e. The van der Waals surface area contributed by atoms with Crippen LogP contribution in [0, 0.1) is 0 Å². The van der Waals surface area contributed by atoms with Crippen LogP contribution in [-0.2, 0) is 6.54 Å². The maximum Gasteiger partial charge on any atom is 0.147 e. The first-order chi connectivity index (χ1) is 8.19. The first kappa shape index (κ1) is 12.2. The van der Waals surface area contributed by atoms with Crippen LogP contribution in [0.5, 0.6) is 11.5 Å². The molecular weight excluding hydrogens is 257 g/mol. The Labute approximate surface area is 110 Å². The van der Waals surface area contributed by atoms with E-state index in [2.05, 4.69) is 0 Å². The van der Waals surface area contributed by atoms with Crippen molar-refractivity contribution in [2.75, 3.05) is 0 Å². The summed E-state index contributed by atoms with van der Waals surface area (Å²) in [5.41, 5.74) is 6.56. The monoisotopic (exact) mass is 267 g/mol. The lowest BCUT2D eigenvalue weighted by Gasteiger charge is -2.08. The minimum atomic E-state index is 0.473. The number of nitrogens with two attached hydrogens (primary N) is 1. The van der Waals surface area contributed by atoms with Crippen molar-refractivity contribution in [3.63, 3.8) is 0 Å². The average Bonchev–Trinajstić information content (AvgIpc) is 2.34. The van der Waals surface area contributed by atoms with Gasteiger partial charge in [-0.2, -0.15) is 0 Å². The number of halogens is 2. The normalized spacial score (nSPS) is 10.3. The van der Waals surface area contributed by atoms with Crippen molar-refractivity contribution < 1.29 is 4.74 Å². The Balaban J connectivity index is 2.27. The summed E-state index contributed by atoms with van der Waals surface area (Å²) in [4.78, 5) is 0. The van der Waals surface area contributed by atoms with Crippen molar-refractivity contribution in [3.05, 3.63) is 58.1 Å². The molecule has 2 N–H and O–H groups in total. The summed E-state index contributed by atoms with van der Waals surface area (Å²) >= 11 is 11.9. The summed E-state index contributed by atoms with van der Waals surface area (Å²) in [6.07, 6.45) is 0. The molecular formula is C13H11Cl2NO. The summed E-state index contributed by atoms with van der Waals surface area (Å²) in [7, 11) is 0. The molecule has 0 radical (unpaired) electrons. The Kier molecular flexibility index (Phi) is 3.89. The molecule has 0 fully saturated rings. The molecule has 0 aromatic heterocycles. The van der Waals surface area contributed by atoms with E-state index in [1.165, 1.54) is 0 Å². The Hall–Kier alpha value is -1.22. The maximum absolute atomic E-state index is 6.01. The van der Waals surface area contributed by atoms with Crippen molar-refractivity contribution in [2.45, 2.75) is 6.54 Å². The van der Waals surface area contributed by atoms with Crippen molar-refractivity contribution in [3.8, 4) is 11.5 Å². The van der Waals surface area contributed by atoms with Crippen molar-refractivity contribution in [1.82, 2.24) is 0 Å². The zero-order chi connectivity index (χ0) is 12.3.